The van der Waals surface area contributed by atoms with E-state index < -0.39 is 11.6 Å². The first kappa shape index (κ1) is 10.1. The van der Waals surface area contributed by atoms with Gasteiger partial charge in [-0.2, -0.15) is 0 Å². The number of benzene rings is 1. The van der Waals surface area contributed by atoms with Crippen LogP contribution in [0.5, 0.6) is 0 Å². The van der Waals surface area contributed by atoms with Crippen molar-refractivity contribution in [3.8, 4) is 0 Å². The van der Waals surface area contributed by atoms with Gasteiger partial charge in [-0.1, -0.05) is 0 Å². The molecule has 0 radical (unpaired) electrons. The van der Waals surface area contributed by atoms with E-state index in [0.29, 0.717) is 0 Å². The van der Waals surface area contributed by atoms with Crippen molar-refractivity contribution in [1.82, 2.24) is 5.32 Å². The Kier molecular flexibility index (Phi) is 2.83. The highest BCUT2D eigenvalue weighted by Crippen LogP contribution is 2.28. The van der Waals surface area contributed by atoms with Crippen LogP contribution in [0.3, 0.4) is 0 Å². The van der Waals surface area contributed by atoms with Gasteiger partial charge in [0, 0.05) is 6.04 Å². The third-order valence-corrected chi connectivity index (χ3v) is 3.05. The Balaban J connectivity index is 2.34. The summed E-state index contributed by atoms with van der Waals surface area (Å²) in [6.45, 7) is 0.946. The van der Waals surface area contributed by atoms with E-state index in [0.717, 1.165) is 24.9 Å². The van der Waals surface area contributed by atoms with Crippen molar-refractivity contribution in [2.75, 3.05) is 6.54 Å². The molecule has 1 unspecified atom stereocenters. The minimum Gasteiger partial charge on any atom is -0.310 e. The maximum Gasteiger partial charge on any atom is 0.172 e. The van der Waals surface area contributed by atoms with E-state index in [1.54, 1.807) is 6.07 Å². The molecule has 14 heavy (non-hydrogen) atoms. The molecule has 1 aromatic carbocycles. The highest BCUT2D eigenvalue weighted by Gasteiger charge is 2.19. The number of nitrogens with one attached hydrogen (secondary N) is 1. The summed E-state index contributed by atoms with van der Waals surface area (Å²) in [7, 11) is 0. The van der Waals surface area contributed by atoms with Crippen molar-refractivity contribution >= 4 is 15.9 Å². The van der Waals surface area contributed by atoms with Crippen LogP contribution >= 0.6 is 15.9 Å². The lowest BCUT2D eigenvalue weighted by atomic mass is 10.1. The molecule has 0 aliphatic carbocycles. The molecule has 0 bridgehead atoms. The molecule has 1 saturated heterocycles. The fourth-order valence-corrected chi connectivity index (χ4v) is 2.20. The van der Waals surface area contributed by atoms with Crippen LogP contribution in [0.2, 0.25) is 0 Å². The summed E-state index contributed by atoms with van der Waals surface area (Å²) < 4.78 is 26.2. The van der Waals surface area contributed by atoms with Gasteiger partial charge in [-0.25, -0.2) is 8.78 Å². The van der Waals surface area contributed by atoms with Crippen molar-refractivity contribution in [1.29, 1.82) is 0 Å². The predicted molar refractivity (Wildman–Crippen MR) is 54.0 cm³/mol. The number of rotatable bonds is 1. The second-order valence-corrected chi connectivity index (χ2v) is 4.30. The molecule has 76 valence electrons. The molecule has 0 saturated carbocycles. The first-order valence-corrected chi connectivity index (χ1v) is 5.35. The Morgan fingerprint density at radius 3 is 2.71 bits per heavy atom. The Labute approximate surface area is 89.6 Å². The third-order valence-electron chi connectivity index (χ3n) is 2.47. The Hall–Kier alpha value is -0.480. The van der Waals surface area contributed by atoms with Crippen LogP contribution in [-0.2, 0) is 0 Å². The second-order valence-electron chi connectivity index (χ2n) is 3.45. The molecule has 1 N–H and O–H groups in total. The fraction of sp³-hybridized carbons (Fsp3) is 0.400. The minimum atomic E-state index is -0.813. The van der Waals surface area contributed by atoms with E-state index in [9.17, 15) is 8.78 Å². The lowest BCUT2D eigenvalue weighted by Crippen LogP contribution is -2.13. The molecular weight excluding hydrogens is 252 g/mol. The van der Waals surface area contributed by atoms with Gasteiger partial charge in [0.15, 0.2) is 11.6 Å². The summed E-state index contributed by atoms with van der Waals surface area (Å²) in [6, 6.07) is 3.08. The summed E-state index contributed by atoms with van der Waals surface area (Å²) in [4.78, 5) is 0. The fourth-order valence-electron chi connectivity index (χ4n) is 1.75. The number of halogens is 3. The van der Waals surface area contributed by atoms with E-state index in [4.69, 9.17) is 0 Å². The molecule has 1 nitrogen and oxygen atoms in total. The molecule has 2 rings (SSSR count). The van der Waals surface area contributed by atoms with E-state index in [1.165, 1.54) is 6.07 Å². The van der Waals surface area contributed by atoms with E-state index in [2.05, 4.69) is 21.2 Å². The van der Waals surface area contributed by atoms with Gasteiger partial charge < -0.3 is 5.32 Å². The van der Waals surface area contributed by atoms with Crippen LogP contribution in [0.15, 0.2) is 16.6 Å². The number of hydrogen-bond acceptors (Lipinski definition) is 1. The smallest absolute Gasteiger partial charge is 0.172 e. The van der Waals surface area contributed by atoms with Crippen molar-refractivity contribution < 1.29 is 8.78 Å². The summed E-state index contributed by atoms with van der Waals surface area (Å²) in [6.07, 6.45) is 2.07. The highest BCUT2D eigenvalue weighted by molar-refractivity contribution is 9.10. The average molecular weight is 262 g/mol. The largest absolute Gasteiger partial charge is 0.310 e. The van der Waals surface area contributed by atoms with Crippen LogP contribution in [0, 0.1) is 11.6 Å². The minimum absolute atomic E-state index is 0.168. The molecule has 1 atom stereocenters. The first-order chi connectivity index (χ1) is 6.68. The molecule has 0 amide bonds. The Bertz CT molecular complexity index is 325. The van der Waals surface area contributed by atoms with Crippen LogP contribution in [-0.4, -0.2) is 6.54 Å². The van der Waals surface area contributed by atoms with Gasteiger partial charge in [-0.15, -0.1) is 0 Å². The zero-order chi connectivity index (χ0) is 10.1. The summed E-state index contributed by atoms with van der Waals surface area (Å²) in [5.74, 6) is -1.60. The maximum absolute atomic E-state index is 13.1. The Morgan fingerprint density at radius 1 is 1.36 bits per heavy atom. The van der Waals surface area contributed by atoms with Gasteiger partial charge in [0.1, 0.15) is 0 Å². The van der Waals surface area contributed by atoms with Gasteiger partial charge in [0.05, 0.1) is 4.47 Å². The molecule has 1 heterocycles. The van der Waals surface area contributed by atoms with E-state index in [-0.39, 0.29) is 10.5 Å². The Morgan fingerprint density at radius 2 is 2.14 bits per heavy atom. The quantitative estimate of drug-likeness (QED) is 0.766. The van der Waals surface area contributed by atoms with Gasteiger partial charge in [-0.05, 0) is 53.0 Å². The zero-order valence-electron chi connectivity index (χ0n) is 7.49. The molecule has 1 fully saturated rings. The van der Waals surface area contributed by atoms with Crippen LogP contribution in [0.25, 0.3) is 0 Å². The molecule has 0 spiro atoms. The lowest BCUT2D eigenvalue weighted by molar-refractivity contribution is 0.499. The summed E-state index contributed by atoms with van der Waals surface area (Å²) >= 11 is 3.00. The van der Waals surface area contributed by atoms with Crippen LogP contribution in [0.4, 0.5) is 8.78 Å². The average Bonchev–Trinajstić information content (AvgIpc) is 2.66. The lowest BCUT2D eigenvalue weighted by Gasteiger charge is -2.11. The van der Waals surface area contributed by atoms with Crippen LogP contribution < -0.4 is 5.32 Å². The molecule has 4 heteroatoms. The summed E-state index contributed by atoms with van der Waals surface area (Å²) in [5, 5.41) is 3.24. The topological polar surface area (TPSA) is 12.0 Å². The van der Waals surface area contributed by atoms with Gasteiger partial charge in [0.2, 0.25) is 0 Å². The molecule has 1 aliphatic rings. The summed E-state index contributed by atoms with van der Waals surface area (Å²) in [5.41, 5.74) is 0.813. The maximum atomic E-state index is 13.1. The van der Waals surface area contributed by atoms with Gasteiger partial charge >= 0.3 is 0 Å². The SMILES string of the molecule is Fc1cc(C2CCCN2)cc(Br)c1F. The molecule has 0 aromatic heterocycles. The third kappa shape index (κ3) is 1.81. The van der Waals surface area contributed by atoms with Crippen molar-refractivity contribution in [2.45, 2.75) is 18.9 Å². The zero-order valence-corrected chi connectivity index (χ0v) is 9.07. The first-order valence-electron chi connectivity index (χ1n) is 4.56. The van der Waals surface area contributed by atoms with Crippen molar-refractivity contribution in [3.05, 3.63) is 33.8 Å². The van der Waals surface area contributed by atoms with Crippen LogP contribution in [0.1, 0.15) is 24.4 Å². The van der Waals surface area contributed by atoms with Gasteiger partial charge in [-0.3, -0.25) is 0 Å². The van der Waals surface area contributed by atoms with Crippen molar-refractivity contribution in [3.63, 3.8) is 0 Å². The predicted octanol–water partition coefficient (Wildman–Crippen LogP) is 3.15. The monoisotopic (exact) mass is 261 g/mol. The molecule has 1 aliphatic heterocycles. The molecular formula is C10H10BrF2N. The van der Waals surface area contributed by atoms with E-state index >= 15 is 0 Å². The number of hydrogen-bond donors (Lipinski definition) is 1. The van der Waals surface area contributed by atoms with Gasteiger partial charge in [0.25, 0.3) is 0 Å². The standard InChI is InChI=1S/C10H10BrF2N/c11-7-4-6(5-8(12)10(7)13)9-2-1-3-14-9/h4-5,9,14H,1-3H2. The van der Waals surface area contributed by atoms with E-state index in [1.807, 2.05) is 0 Å². The second kappa shape index (κ2) is 3.95. The highest BCUT2D eigenvalue weighted by atomic mass is 79.9. The normalized spacial score (nSPS) is 21.5. The molecule has 1 aromatic rings. The van der Waals surface area contributed by atoms with Crippen molar-refractivity contribution in [2.24, 2.45) is 0 Å².